The van der Waals surface area contributed by atoms with Crippen molar-refractivity contribution < 1.29 is 4.79 Å². The van der Waals surface area contributed by atoms with Crippen LogP contribution < -0.4 is 5.32 Å². The molecule has 0 radical (unpaired) electrons. The molecule has 1 aliphatic rings. The predicted octanol–water partition coefficient (Wildman–Crippen LogP) is -0.282. The highest BCUT2D eigenvalue weighted by Crippen LogP contribution is 1.96. The number of nitrogens with zero attached hydrogens (tertiary/aromatic N) is 2. The largest absolute Gasteiger partial charge is 0.343 e. The van der Waals surface area contributed by atoms with E-state index in [0.29, 0.717) is 13.1 Å². The lowest BCUT2D eigenvalue weighted by Crippen LogP contribution is -2.48. The van der Waals surface area contributed by atoms with Gasteiger partial charge in [-0.05, 0) is 7.05 Å². The van der Waals surface area contributed by atoms with Crippen molar-refractivity contribution in [3.63, 3.8) is 0 Å². The Bertz CT molecular complexity index is 164. The number of carbonyl (C=O) groups excluding carboxylic acids is 1. The van der Waals surface area contributed by atoms with Gasteiger partial charge in [0.2, 0.25) is 5.91 Å². The van der Waals surface area contributed by atoms with E-state index in [1.54, 1.807) is 0 Å². The summed E-state index contributed by atoms with van der Waals surface area (Å²) in [6.45, 7) is 6.89. The second-order valence-electron chi connectivity index (χ2n) is 3.53. The molecule has 1 heterocycles. The standard InChI is InChI=1S/C9H19N3O/c1-3-9(13)10-8-12-6-4-11(2)5-7-12/h3-8H2,1-2H3,(H,10,13). The summed E-state index contributed by atoms with van der Waals surface area (Å²) in [5.41, 5.74) is 0. The summed E-state index contributed by atoms with van der Waals surface area (Å²) in [7, 11) is 2.13. The van der Waals surface area contributed by atoms with E-state index < -0.39 is 0 Å². The zero-order valence-electron chi connectivity index (χ0n) is 8.55. The number of nitrogens with one attached hydrogen (secondary N) is 1. The molecule has 1 rings (SSSR count). The fourth-order valence-corrected chi connectivity index (χ4v) is 1.33. The highest BCUT2D eigenvalue weighted by atomic mass is 16.1. The van der Waals surface area contributed by atoms with Crippen molar-refractivity contribution in [3.8, 4) is 0 Å². The van der Waals surface area contributed by atoms with E-state index in [4.69, 9.17) is 0 Å². The van der Waals surface area contributed by atoms with Crippen LogP contribution >= 0.6 is 0 Å². The first-order valence-corrected chi connectivity index (χ1v) is 4.90. The molecule has 1 fully saturated rings. The van der Waals surface area contributed by atoms with Gasteiger partial charge in [0.05, 0.1) is 6.67 Å². The number of rotatable bonds is 3. The van der Waals surface area contributed by atoms with Crippen molar-refractivity contribution in [3.05, 3.63) is 0 Å². The van der Waals surface area contributed by atoms with Crippen LogP contribution in [0.2, 0.25) is 0 Å². The number of piperazine rings is 1. The molecule has 0 unspecified atom stereocenters. The first-order chi connectivity index (χ1) is 6.22. The summed E-state index contributed by atoms with van der Waals surface area (Å²) < 4.78 is 0. The quantitative estimate of drug-likeness (QED) is 0.657. The Morgan fingerprint density at radius 3 is 2.46 bits per heavy atom. The fraction of sp³-hybridized carbons (Fsp3) is 0.889. The van der Waals surface area contributed by atoms with Crippen LogP contribution in [-0.4, -0.2) is 55.6 Å². The van der Waals surface area contributed by atoms with E-state index in [-0.39, 0.29) is 5.91 Å². The molecular weight excluding hydrogens is 166 g/mol. The van der Waals surface area contributed by atoms with E-state index in [0.717, 1.165) is 26.2 Å². The van der Waals surface area contributed by atoms with Crippen LogP contribution in [0.25, 0.3) is 0 Å². The van der Waals surface area contributed by atoms with Crippen LogP contribution in [0.5, 0.6) is 0 Å². The molecule has 0 spiro atoms. The van der Waals surface area contributed by atoms with Gasteiger partial charge in [-0.2, -0.15) is 0 Å². The van der Waals surface area contributed by atoms with Gasteiger partial charge < -0.3 is 10.2 Å². The van der Waals surface area contributed by atoms with Gasteiger partial charge in [-0.3, -0.25) is 9.69 Å². The van der Waals surface area contributed by atoms with Crippen molar-refractivity contribution >= 4 is 5.91 Å². The van der Waals surface area contributed by atoms with Crippen LogP contribution in [0.3, 0.4) is 0 Å². The smallest absolute Gasteiger partial charge is 0.220 e. The van der Waals surface area contributed by atoms with Crippen molar-refractivity contribution in [1.82, 2.24) is 15.1 Å². The van der Waals surface area contributed by atoms with E-state index >= 15 is 0 Å². The third-order valence-corrected chi connectivity index (χ3v) is 2.42. The molecule has 1 amide bonds. The van der Waals surface area contributed by atoms with Gasteiger partial charge in [0.1, 0.15) is 0 Å². The van der Waals surface area contributed by atoms with Gasteiger partial charge >= 0.3 is 0 Å². The van der Waals surface area contributed by atoms with Crippen molar-refractivity contribution in [2.24, 2.45) is 0 Å². The molecule has 76 valence electrons. The van der Waals surface area contributed by atoms with Gasteiger partial charge in [-0.25, -0.2) is 0 Å². The second kappa shape index (κ2) is 5.19. The zero-order valence-corrected chi connectivity index (χ0v) is 8.55. The normalized spacial score (nSPS) is 20.2. The average Bonchev–Trinajstić information content (AvgIpc) is 2.16. The van der Waals surface area contributed by atoms with E-state index in [9.17, 15) is 4.79 Å². The Morgan fingerprint density at radius 2 is 1.92 bits per heavy atom. The summed E-state index contributed by atoms with van der Waals surface area (Å²) >= 11 is 0. The second-order valence-corrected chi connectivity index (χ2v) is 3.53. The topological polar surface area (TPSA) is 35.6 Å². The first-order valence-electron chi connectivity index (χ1n) is 4.90. The van der Waals surface area contributed by atoms with Crippen LogP contribution in [0.4, 0.5) is 0 Å². The Balaban J connectivity index is 2.12. The lowest BCUT2D eigenvalue weighted by Gasteiger charge is -2.32. The SMILES string of the molecule is CCC(=O)NCN1CCN(C)CC1. The number of likely N-dealkylation sites (N-methyl/N-ethyl adjacent to an activating group) is 1. The minimum absolute atomic E-state index is 0.138. The molecule has 0 saturated carbocycles. The predicted molar refractivity (Wildman–Crippen MR) is 52.4 cm³/mol. The monoisotopic (exact) mass is 185 g/mol. The number of carbonyl (C=O) groups is 1. The molecule has 1 saturated heterocycles. The van der Waals surface area contributed by atoms with Crippen LogP contribution in [0, 0.1) is 0 Å². The van der Waals surface area contributed by atoms with Gasteiger partial charge in [0.15, 0.2) is 0 Å². The van der Waals surface area contributed by atoms with Gasteiger partial charge in [-0.1, -0.05) is 6.92 Å². The van der Waals surface area contributed by atoms with E-state index in [1.165, 1.54) is 0 Å². The summed E-state index contributed by atoms with van der Waals surface area (Å²) in [5.74, 6) is 0.138. The molecule has 0 bridgehead atoms. The highest BCUT2D eigenvalue weighted by Gasteiger charge is 2.13. The van der Waals surface area contributed by atoms with Crippen molar-refractivity contribution in [2.75, 3.05) is 39.9 Å². The molecule has 1 aliphatic heterocycles. The zero-order chi connectivity index (χ0) is 9.68. The molecule has 13 heavy (non-hydrogen) atoms. The maximum atomic E-state index is 11.0. The summed E-state index contributed by atoms with van der Waals surface area (Å²) in [6, 6.07) is 0. The number of hydrogen-bond donors (Lipinski definition) is 1. The molecule has 0 atom stereocenters. The minimum atomic E-state index is 0.138. The highest BCUT2D eigenvalue weighted by molar-refractivity contribution is 5.75. The maximum absolute atomic E-state index is 11.0. The lowest BCUT2D eigenvalue weighted by molar-refractivity contribution is -0.121. The van der Waals surface area contributed by atoms with Crippen LogP contribution in [0.15, 0.2) is 0 Å². The number of hydrogen-bond acceptors (Lipinski definition) is 3. The molecule has 1 N–H and O–H groups in total. The van der Waals surface area contributed by atoms with Crippen LogP contribution in [-0.2, 0) is 4.79 Å². The van der Waals surface area contributed by atoms with Crippen molar-refractivity contribution in [1.29, 1.82) is 0 Å². The van der Waals surface area contributed by atoms with Crippen molar-refractivity contribution in [2.45, 2.75) is 13.3 Å². The Labute approximate surface area is 79.9 Å². The molecule has 0 aliphatic carbocycles. The van der Waals surface area contributed by atoms with Gasteiger partial charge in [-0.15, -0.1) is 0 Å². The third kappa shape index (κ3) is 3.74. The first kappa shape index (κ1) is 10.5. The molecule has 4 heteroatoms. The Kier molecular flexibility index (Phi) is 4.18. The molecule has 0 aromatic carbocycles. The third-order valence-electron chi connectivity index (χ3n) is 2.42. The number of amides is 1. The summed E-state index contributed by atoms with van der Waals surface area (Å²) in [5, 5.41) is 2.89. The molecular formula is C9H19N3O. The summed E-state index contributed by atoms with van der Waals surface area (Å²) in [4.78, 5) is 15.5. The Morgan fingerprint density at radius 1 is 1.31 bits per heavy atom. The summed E-state index contributed by atoms with van der Waals surface area (Å²) in [6.07, 6.45) is 0.577. The fourth-order valence-electron chi connectivity index (χ4n) is 1.33. The van der Waals surface area contributed by atoms with E-state index in [2.05, 4.69) is 22.2 Å². The molecule has 0 aromatic rings. The maximum Gasteiger partial charge on any atom is 0.220 e. The molecule has 4 nitrogen and oxygen atoms in total. The van der Waals surface area contributed by atoms with Gasteiger partial charge in [0.25, 0.3) is 0 Å². The van der Waals surface area contributed by atoms with Crippen LogP contribution in [0.1, 0.15) is 13.3 Å². The minimum Gasteiger partial charge on any atom is -0.343 e. The Hall–Kier alpha value is -0.610. The van der Waals surface area contributed by atoms with E-state index in [1.807, 2.05) is 6.92 Å². The van der Waals surface area contributed by atoms with Gasteiger partial charge in [0, 0.05) is 32.6 Å². The molecule has 0 aromatic heterocycles. The lowest BCUT2D eigenvalue weighted by atomic mass is 10.3. The average molecular weight is 185 g/mol.